The van der Waals surface area contributed by atoms with Crippen LogP contribution in [0.1, 0.15) is 27.7 Å². The standard InChI is InChI=1S/C9H20NO.Li/c1-7(2)9(6-11-5)10-8(3)4;/h7-9H,6H2,1-5H3;/q-1;+1/t9-;/m1./s1. The summed E-state index contributed by atoms with van der Waals surface area (Å²) in [5.41, 5.74) is 0. The number of hydrogen-bond acceptors (Lipinski definition) is 1. The van der Waals surface area contributed by atoms with Crippen LogP contribution in [0.4, 0.5) is 0 Å². The zero-order chi connectivity index (χ0) is 8.85. The topological polar surface area (TPSA) is 23.3 Å². The molecule has 0 bridgehead atoms. The number of ether oxygens (including phenoxy) is 1. The molecule has 0 heterocycles. The Morgan fingerprint density at radius 3 is 1.92 bits per heavy atom. The zero-order valence-corrected chi connectivity index (χ0v) is 9.29. The van der Waals surface area contributed by atoms with Crippen molar-refractivity contribution >= 4 is 0 Å². The van der Waals surface area contributed by atoms with Crippen LogP contribution < -0.4 is 18.9 Å². The Kier molecular flexibility index (Phi) is 10.2. The predicted molar refractivity (Wildman–Crippen MR) is 49.0 cm³/mol. The van der Waals surface area contributed by atoms with E-state index in [0.717, 1.165) is 6.61 Å². The molecule has 0 aromatic carbocycles. The second-order valence-electron chi connectivity index (χ2n) is 3.51. The van der Waals surface area contributed by atoms with Gasteiger partial charge in [0, 0.05) is 13.7 Å². The molecule has 0 aromatic heterocycles. The Bertz CT molecular complexity index is 96.5. The van der Waals surface area contributed by atoms with Crippen LogP contribution in [-0.2, 0) is 4.74 Å². The van der Waals surface area contributed by atoms with Gasteiger partial charge in [-0.3, -0.25) is 0 Å². The molecule has 2 nitrogen and oxygen atoms in total. The van der Waals surface area contributed by atoms with Gasteiger partial charge in [-0.1, -0.05) is 33.6 Å². The predicted octanol–water partition coefficient (Wildman–Crippen LogP) is -0.556. The van der Waals surface area contributed by atoms with Crippen LogP contribution in [0.3, 0.4) is 0 Å². The summed E-state index contributed by atoms with van der Waals surface area (Å²) in [6.07, 6.45) is 0. The normalized spacial score (nSPS) is 13.2. The van der Waals surface area contributed by atoms with Crippen molar-refractivity contribution < 1.29 is 23.6 Å². The van der Waals surface area contributed by atoms with Crippen LogP contribution in [0.5, 0.6) is 0 Å². The van der Waals surface area contributed by atoms with Crippen LogP contribution >= 0.6 is 0 Å². The molecule has 0 radical (unpaired) electrons. The van der Waals surface area contributed by atoms with Crippen molar-refractivity contribution in [3.8, 4) is 0 Å². The second kappa shape index (κ2) is 8.13. The van der Waals surface area contributed by atoms with E-state index in [4.69, 9.17) is 4.74 Å². The van der Waals surface area contributed by atoms with Crippen molar-refractivity contribution in [3.63, 3.8) is 0 Å². The molecule has 0 aliphatic carbocycles. The van der Waals surface area contributed by atoms with Gasteiger partial charge >= 0.3 is 18.9 Å². The molecule has 0 fully saturated rings. The largest absolute Gasteiger partial charge is 1.00 e. The summed E-state index contributed by atoms with van der Waals surface area (Å²) in [6.45, 7) is 9.30. The van der Waals surface area contributed by atoms with Crippen molar-refractivity contribution in [2.75, 3.05) is 13.7 Å². The van der Waals surface area contributed by atoms with Crippen molar-refractivity contribution in [2.24, 2.45) is 5.92 Å². The third-order valence-corrected chi connectivity index (χ3v) is 1.60. The first kappa shape index (κ1) is 15.0. The Hall–Kier alpha value is 0.517. The van der Waals surface area contributed by atoms with Gasteiger partial charge in [0.05, 0.1) is 0 Å². The van der Waals surface area contributed by atoms with Crippen LogP contribution in [0.2, 0.25) is 0 Å². The van der Waals surface area contributed by atoms with Crippen LogP contribution in [0, 0.1) is 5.92 Å². The van der Waals surface area contributed by atoms with Gasteiger partial charge in [-0.2, -0.15) is 0 Å². The summed E-state index contributed by atoms with van der Waals surface area (Å²) in [5.74, 6) is 0.581. The molecule has 3 heteroatoms. The molecular formula is C9H20LiNO. The van der Waals surface area contributed by atoms with Crippen molar-refractivity contribution in [1.29, 1.82) is 0 Å². The van der Waals surface area contributed by atoms with Gasteiger partial charge in [0.15, 0.2) is 0 Å². The van der Waals surface area contributed by atoms with Gasteiger partial charge in [-0.25, -0.2) is 0 Å². The second-order valence-corrected chi connectivity index (χ2v) is 3.51. The molecule has 68 valence electrons. The Labute approximate surface area is 88.6 Å². The Balaban J connectivity index is 0. The summed E-state index contributed by atoms with van der Waals surface area (Å²) >= 11 is 0. The molecule has 0 aromatic rings. The maximum Gasteiger partial charge on any atom is 1.00 e. The molecule has 12 heavy (non-hydrogen) atoms. The third kappa shape index (κ3) is 7.18. The van der Waals surface area contributed by atoms with Crippen LogP contribution in [0.15, 0.2) is 0 Å². The monoisotopic (exact) mass is 165 g/mol. The molecule has 0 saturated heterocycles. The average Bonchev–Trinajstić information content (AvgIpc) is 1.86. The first-order valence-corrected chi connectivity index (χ1v) is 4.26. The maximum absolute atomic E-state index is 5.07. The summed E-state index contributed by atoms with van der Waals surface area (Å²) in [7, 11) is 1.73. The van der Waals surface area contributed by atoms with E-state index in [-0.39, 0.29) is 18.9 Å². The molecule has 0 unspecified atom stereocenters. The van der Waals surface area contributed by atoms with Crippen molar-refractivity contribution in [1.82, 2.24) is 0 Å². The number of hydrogen-bond donors (Lipinski definition) is 0. The van der Waals surface area contributed by atoms with E-state index in [1.54, 1.807) is 7.11 Å². The van der Waals surface area contributed by atoms with Gasteiger partial charge < -0.3 is 10.1 Å². The van der Waals surface area contributed by atoms with Gasteiger partial charge in [0.25, 0.3) is 0 Å². The smallest absolute Gasteiger partial charge is 0.655 e. The summed E-state index contributed by atoms with van der Waals surface area (Å²) < 4.78 is 5.07. The van der Waals surface area contributed by atoms with E-state index < -0.39 is 0 Å². The van der Waals surface area contributed by atoms with Gasteiger partial charge in [0.2, 0.25) is 0 Å². The minimum atomic E-state index is 0. The minimum absolute atomic E-state index is 0. The van der Waals surface area contributed by atoms with Crippen LogP contribution in [-0.4, -0.2) is 25.8 Å². The van der Waals surface area contributed by atoms with Crippen molar-refractivity contribution in [2.45, 2.75) is 39.8 Å². The van der Waals surface area contributed by atoms with E-state index in [2.05, 4.69) is 33.0 Å². The number of methoxy groups -OCH3 is 1. The molecule has 0 aliphatic heterocycles. The van der Waals surface area contributed by atoms with Gasteiger partial charge in [0.1, 0.15) is 0 Å². The van der Waals surface area contributed by atoms with E-state index in [9.17, 15) is 0 Å². The molecule has 0 amide bonds. The van der Waals surface area contributed by atoms with E-state index in [1.165, 1.54) is 0 Å². The fourth-order valence-electron chi connectivity index (χ4n) is 0.961. The Morgan fingerprint density at radius 1 is 1.17 bits per heavy atom. The van der Waals surface area contributed by atoms with Crippen molar-refractivity contribution in [3.05, 3.63) is 5.32 Å². The zero-order valence-electron chi connectivity index (χ0n) is 9.29. The summed E-state index contributed by atoms with van der Waals surface area (Å²) in [4.78, 5) is 0. The minimum Gasteiger partial charge on any atom is -0.655 e. The van der Waals surface area contributed by atoms with Gasteiger partial charge in [-0.15, -0.1) is 12.1 Å². The molecule has 0 aliphatic rings. The summed E-state index contributed by atoms with van der Waals surface area (Å²) in [6, 6.07) is 0.776. The molecule has 0 rings (SSSR count). The molecule has 0 spiro atoms. The van der Waals surface area contributed by atoms with Gasteiger partial charge in [-0.05, 0) is 0 Å². The molecule has 1 atom stereocenters. The fraction of sp³-hybridized carbons (Fsp3) is 1.00. The van der Waals surface area contributed by atoms with E-state index in [0.29, 0.717) is 18.0 Å². The Morgan fingerprint density at radius 2 is 1.67 bits per heavy atom. The number of nitrogens with zero attached hydrogens (tertiary/aromatic N) is 1. The van der Waals surface area contributed by atoms with E-state index in [1.807, 2.05) is 0 Å². The first-order valence-electron chi connectivity index (χ1n) is 4.26. The first-order chi connectivity index (χ1) is 5.07. The number of rotatable bonds is 5. The summed E-state index contributed by atoms with van der Waals surface area (Å²) in [5, 5.41) is 4.54. The SMILES string of the molecule is COC[C@@H]([N-]C(C)C)C(C)C.[Li+]. The molecular weight excluding hydrogens is 145 g/mol. The maximum atomic E-state index is 5.07. The van der Waals surface area contributed by atoms with E-state index >= 15 is 0 Å². The molecule has 0 saturated carbocycles. The van der Waals surface area contributed by atoms with Crippen LogP contribution in [0.25, 0.3) is 5.32 Å². The average molecular weight is 165 g/mol. The third-order valence-electron chi connectivity index (χ3n) is 1.60. The molecule has 0 N–H and O–H groups in total. The fourth-order valence-corrected chi connectivity index (χ4v) is 0.961. The quantitative estimate of drug-likeness (QED) is 0.501.